The molecule has 10 heteroatoms. The second kappa shape index (κ2) is 8.77. The number of carbonyl (C=O) groups excluding carboxylic acids is 1. The molecular formula is C19H18Cl2F2N4OS. The lowest BCUT2D eigenvalue weighted by atomic mass is 9.93. The van der Waals surface area contributed by atoms with Crippen molar-refractivity contribution in [3.05, 3.63) is 40.2 Å². The van der Waals surface area contributed by atoms with Gasteiger partial charge in [-0.3, -0.25) is 4.79 Å². The summed E-state index contributed by atoms with van der Waals surface area (Å²) in [5, 5.41) is 1.61. The number of hydrogen-bond acceptors (Lipinski definition) is 5. The van der Waals surface area contributed by atoms with E-state index < -0.39 is 11.6 Å². The van der Waals surface area contributed by atoms with Gasteiger partial charge in [0.2, 0.25) is 5.91 Å². The van der Waals surface area contributed by atoms with Gasteiger partial charge in [0, 0.05) is 19.5 Å². The smallest absolute Gasteiger partial charge is 0.217 e. The Kier molecular flexibility index (Phi) is 6.55. The monoisotopic (exact) mass is 458 g/mol. The van der Waals surface area contributed by atoms with Crippen molar-refractivity contribution < 1.29 is 13.6 Å². The number of piperidine rings is 1. The zero-order chi connectivity index (χ0) is 19.8. The Labute approximate surface area is 181 Å². The number of benzene rings is 1. The van der Waals surface area contributed by atoms with Crippen molar-refractivity contribution in [2.45, 2.75) is 19.3 Å². The second-order valence-corrected chi connectivity index (χ2v) is 8.18. The molecule has 1 amide bonds. The van der Waals surface area contributed by atoms with Crippen LogP contribution in [0.5, 0.6) is 0 Å². The molecule has 0 bridgehead atoms. The minimum absolute atomic E-state index is 0. The van der Waals surface area contributed by atoms with Gasteiger partial charge in [-0.1, -0.05) is 11.6 Å². The third-order valence-electron chi connectivity index (χ3n) is 4.94. The van der Waals surface area contributed by atoms with Crippen LogP contribution in [-0.4, -0.2) is 29.0 Å². The highest BCUT2D eigenvalue weighted by Gasteiger charge is 2.25. The number of rotatable bonds is 4. The van der Waals surface area contributed by atoms with Crippen LogP contribution < -0.4 is 10.6 Å². The van der Waals surface area contributed by atoms with E-state index in [9.17, 15) is 13.6 Å². The Hall–Kier alpha value is -2.03. The van der Waals surface area contributed by atoms with E-state index in [-0.39, 0.29) is 40.6 Å². The standard InChI is InChI=1S/C19H17ClF2N4OS.ClH/c20-12-9-13(21)11(8-14(12)22)18-24-15-3-6-28-17(15)19(25-18)26-4-1-10(2-5-26)7-16(23)27;/h3,6,8-10H,1-2,4-5,7H2,(H2,23,27);1H. The Morgan fingerprint density at radius 1 is 1.24 bits per heavy atom. The van der Waals surface area contributed by atoms with Gasteiger partial charge in [0.25, 0.3) is 0 Å². The molecule has 2 aromatic heterocycles. The molecule has 0 aliphatic carbocycles. The number of nitrogens with two attached hydrogens (primary N) is 1. The van der Waals surface area contributed by atoms with Crippen LogP contribution in [-0.2, 0) is 4.79 Å². The van der Waals surface area contributed by atoms with Crippen LogP contribution >= 0.6 is 35.3 Å². The first-order valence-electron chi connectivity index (χ1n) is 8.86. The fourth-order valence-corrected chi connectivity index (χ4v) is 4.51. The number of nitrogens with zero attached hydrogens (tertiary/aromatic N) is 3. The number of halogens is 4. The summed E-state index contributed by atoms with van der Waals surface area (Å²) in [5.41, 5.74) is 5.96. The molecule has 1 saturated heterocycles. The highest BCUT2D eigenvalue weighted by Crippen LogP contribution is 2.35. The predicted molar refractivity (Wildman–Crippen MR) is 114 cm³/mol. The molecule has 2 N–H and O–H groups in total. The average molecular weight is 459 g/mol. The quantitative estimate of drug-likeness (QED) is 0.569. The van der Waals surface area contributed by atoms with E-state index >= 15 is 0 Å². The van der Waals surface area contributed by atoms with Crippen molar-refractivity contribution in [1.29, 1.82) is 0 Å². The molecule has 5 nitrogen and oxygen atoms in total. The predicted octanol–water partition coefficient (Wildman–Crippen LogP) is 4.80. The van der Waals surface area contributed by atoms with Gasteiger partial charge in [-0.25, -0.2) is 18.7 Å². The van der Waals surface area contributed by atoms with E-state index in [2.05, 4.69) is 14.9 Å². The Balaban J connectivity index is 0.00000240. The number of carbonyl (C=O) groups is 1. The molecule has 0 spiro atoms. The number of primary amides is 1. The lowest BCUT2D eigenvalue weighted by Gasteiger charge is -2.32. The minimum Gasteiger partial charge on any atom is -0.370 e. The van der Waals surface area contributed by atoms with Gasteiger partial charge in [-0.2, -0.15) is 0 Å². The Morgan fingerprint density at radius 2 is 1.97 bits per heavy atom. The molecular weight excluding hydrogens is 441 g/mol. The summed E-state index contributed by atoms with van der Waals surface area (Å²) >= 11 is 7.16. The molecule has 0 atom stereocenters. The lowest BCUT2D eigenvalue weighted by molar-refractivity contribution is -0.119. The van der Waals surface area contributed by atoms with Crippen LogP contribution in [0.1, 0.15) is 19.3 Å². The highest BCUT2D eigenvalue weighted by atomic mass is 35.5. The van der Waals surface area contributed by atoms with E-state index in [0.717, 1.165) is 29.7 Å². The molecule has 4 rings (SSSR count). The van der Waals surface area contributed by atoms with Crippen molar-refractivity contribution in [1.82, 2.24) is 9.97 Å². The summed E-state index contributed by atoms with van der Waals surface area (Å²) in [4.78, 5) is 22.2. The molecule has 1 fully saturated rings. The largest absolute Gasteiger partial charge is 0.370 e. The number of amides is 1. The normalized spacial score (nSPS) is 14.8. The molecule has 3 heterocycles. The number of fused-ring (bicyclic) bond motifs is 1. The van der Waals surface area contributed by atoms with Crippen LogP contribution in [0.25, 0.3) is 21.6 Å². The van der Waals surface area contributed by atoms with Gasteiger partial charge in [0.1, 0.15) is 11.6 Å². The first kappa shape index (κ1) is 21.7. The molecule has 1 aromatic carbocycles. The molecule has 154 valence electrons. The fourth-order valence-electron chi connectivity index (χ4n) is 3.51. The molecule has 0 unspecified atom stereocenters. The summed E-state index contributed by atoms with van der Waals surface area (Å²) in [6, 6.07) is 3.79. The van der Waals surface area contributed by atoms with E-state index in [1.165, 1.54) is 11.3 Å². The first-order valence-corrected chi connectivity index (χ1v) is 10.1. The Bertz CT molecular complexity index is 1050. The van der Waals surface area contributed by atoms with Crippen LogP contribution in [0.4, 0.5) is 14.6 Å². The highest BCUT2D eigenvalue weighted by molar-refractivity contribution is 7.17. The van der Waals surface area contributed by atoms with E-state index in [4.69, 9.17) is 17.3 Å². The van der Waals surface area contributed by atoms with E-state index in [0.29, 0.717) is 30.8 Å². The summed E-state index contributed by atoms with van der Waals surface area (Å²) in [7, 11) is 0. The van der Waals surface area contributed by atoms with Crippen LogP contribution in [0.3, 0.4) is 0 Å². The maximum Gasteiger partial charge on any atom is 0.217 e. The second-order valence-electron chi connectivity index (χ2n) is 6.85. The van der Waals surface area contributed by atoms with Crippen LogP contribution in [0.15, 0.2) is 23.6 Å². The van der Waals surface area contributed by atoms with Crippen molar-refractivity contribution in [3.63, 3.8) is 0 Å². The SMILES string of the molecule is Cl.NC(=O)CC1CCN(c2nc(-c3cc(F)c(Cl)cc3F)nc3ccsc23)CC1. The number of anilines is 1. The van der Waals surface area contributed by atoms with Crippen LogP contribution in [0.2, 0.25) is 5.02 Å². The van der Waals surface area contributed by atoms with Crippen molar-refractivity contribution >= 4 is 57.3 Å². The van der Waals surface area contributed by atoms with Crippen LogP contribution in [0, 0.1) is 17.6 Å². The molecule has 0 radical (unpaired) electrons. The van der Waals surface area contributed by atoms with E-state index in [1.54, 1.807) is 0 Å². The van der Waals surface area contributed by atoms with Gasteiger partial charge in [-0.05, 0) is 42.3 Å². The third-order valence-corrected chi connectivity index (χ3v) is 6.13. The van der Waals surface area contributed by atoms with Gasteiger partial charge in [0.05, 0.1) is 20.8 Å². The molecule has 1 aliphatic rings. The number of hydrogen-bond donors (Lipinski definition) is 1. The summed E-state index contributed by atoms with van der Waals surface area (Å²) in [6.45, 7) is 1.41. The lowest BCUT2D eigenvalue weighted by Crippen LogP contribution is -2.35. The fraction of sp³-hybridized carbons (Fsp3) is 0.316. The summed E-state index contributed by atoms with van der Waals surface area (Å²) < 4.78 is 29.2. The zero-order valence-corrected chi connectivity index (χ0v) is 17.6. The number of thiophene rings is 1. The Morgan fingerprint density at radius 3 is 2.66 bits per heavy atom. The summed E-state index contributed by atoms with van der Waals surface area (Å²) in [6.07, 6.45) is 2.02. The van der Waals surface area contributed by atoms with Crippen molar-refractivity contribution in [2.24, 2.45) is 11.7 Å². The molecule has 29 heavy (non-hydrogen) atoms. The molecule has 3 aromatic rings. The number of aromatic nitrogens is 2. The van der Waals surface area contributed by atoms with Gasteiger partial charge < -0.3 is 10.6 Å². The van der Waals surface area contributed by atoms with E-state index in [1.807, 2.05) is 11.4 Å². The van der Waals surface area contributed by atoms with Gasteiger partial charge >= 0.3 is 0 Å². The zero-order valence-electron chi connectivity index (χ0n) is 15.2. The molecule has 1 aliphatic heterocycles. The van der Waals surface area contributed by atoms with Crippen molar-refractivity contribution in [2.75, 3.05) is 18.0 Å². The minimum atomic E-state index is -0.721. The van der Waals surface area contributed by atoms with Crippen molar-refractivity contribution in [3.8, 4) is 11.4 Å². The maximum atomic E-state index is 14.4. The third kappa shape index (κ3) is 4.44. The average Bonchev–Trinajstić information content (AvgIpc) is 3.13. The topological polar surface area (TPSA) is 72.1 Å². The molecule has 0 saturated carbocycles. The first-order chi connectivity index (χ1) is 13.4. The van der Waals surface area contributed by atoms with Gasteiger partial charge in [0.15, 0.2) is 11.6 Å². The summed E-state index contributed by atoms with van der Waals surface area (Å²) in [5.74, 6) is -0.608. The maximum absolute atomic E-state index is 14.4. The van der Waals surface area contributed by atoms with Gasteiger partial charge in [-0.15, -0.1) is 23.7 Å².